The zero-order valence-electron chi connectivity index (χ0n) is 18.0. The second kappa shape index (κ2) is 8.74. The van der Waals surface area contributed by atoms with Gasteiger partial charge in [0.1, 0.15) is 6.10 Å². The fourth-order valence-electron chi connectivity index (χ4n) is 5.29. The predicted octanol–water partition coefficient (Wildman–Crippen LogP) is 2.56. The van der Waals surface area contributed by atoms with Crippen LogP contribution >= 0.6 is 0 Å². The van der Waals surface area contributed by atoms with Gasteiger partial charge in [-0.1, -0.05) is 19.0 Å². The van der Waals surface area contributed by atoms with Crippen molar-refractivity contribution in [3.63, 3.8) is 0 Å². The predicted molar refractivity (Wildman–Crippen MR) is 114 cm³/mol. The number of nitrogens with one attached hydrogen (secondary N) is 1. The number of pyridine rings is 1. The minimum atomic E-state index is -0.115. The quantitative estimate of drug-likeness (QED) is 0.778. The van der Waals surface area contributed by atoms with Crippen LogP contribution in [0.15, 0.2) is 29.7 Å². The molecule has 1 aromatic heterocycles. The van der Waals surface area contributed by atoms with E-state index >= 15 is 0 Å². The Labute approximate surface area is 178 Å². The van der Waals surface area contributed by atoms with Gasteiger partial charge in [-0.05, 0) is 61.1 Å². The van der Waals surface area contributed by atoms with Crippen LogP contribution in [-0.2, 0) is 20.8 Å². The van der Waals surface area contributed by atoms with E-state index in [-0.39, 0.29) is 29.3 Å². The molecule has 7 heteroatoms. The van der Waals surface area contributed by atoms with Gasteiger partial charge in [-0.2, -0.15) is 0 Å². The summed E-state index contributed by atoms with van der Waals surface area (Å²) in [4.78, 5) is 37.0. The first kappa shape index (κ1) is 20.8. The molecule has 2 fully saturated rings. The van der Waals surface area contributed by atoms with Crippen molar-refractivity contribution in [2.45, 2.75) is 58.5 Å². The molecule has 3 aliphatic rings. The van der Waals surface area contributed by atoms with Gasteiger partial charge in [0.15, 0.2) is 5.71 Å². The highest BCUT2D eigenvalue weighted by molar-refractivity contribution is 6.40. The number of hydrogen-bond donors (Lipinski definition) is 1. The van der Waals surface area contributed by atoms with Gasteiger partial charge in [-0.3, -0.25) is 14.6 Å². The monoisotopic (exact) mass is 412 g/mol. The molecule has 2 atom stereocenters. The zero-order chi connectivity index (χ0) is 21.1. The highest BCUT2D eigenvalue weighted by Crippen LogP contribution is 2.54. The Balaban J connectivity index is 1.35. The lowest BCUT2D eigenvalue weighted by atomic mass is 9.68. The number of aromatic nitrogens is 1. The van der Waals surface area contributed by atoms with Gasteiger partial charge in [0.2, 0.25) is 5.91 Å². The van der Waals surface area contributed by atoms with Crippen molar-refractivity contribution in [3.8, 4) is 0 Å². The number of carbonyl (C=O) groups is 2. The number of rotatable bonds is 6. The lowest BCUT2D eigenvalue weighted by Gasteiger charge is -2.42. The van der Waals surface area contributed by atoms with Crippen molar-refractivity contribution < 1.29 is 14.4 Å². The summed E-state index contributed by atoms with van der Waals surface area (Å²) in [6.45, 7) is 6.26. The average molecular weight is 413 g/mol. The second-order valence-electron chi connectivity index (χ2n) is 9.34. The van der Waals surface area contributed by atoms with Crippen LogP contribution in [-0.4, -0.2) is 53.1 Å². The third-order valence-corrected chi connectivity index (χ3v) is 6.92. The van der Waals surface area contributed by atoms with Crippen LogP contribution in [0, 0.1) is 17.3 Å². The molecule has 1 saturated heterocycles. The Kier molecular flexibility index (Phi) is 6.06. The summed E-state index contributed by atoms with van der Waals surface area (Å²) in [5.41, 5.74) is 1.72. The summed E-state index contributed by atoms with van der Waals surface area (Å²) in [5.74, 6) is 0.554. The van der Waals surface area contributed by atoms with Gasteiger partial charge in [0, 0.05) is 38.4 Å². The Morgan fingerprint density at radius 3 is 2.67 bits per heavy atom. The van der Waals surface area contributed by atoms with E-state index in [1.54, 1.807) is 12.4 Å². The van der Waals surface area contributed by atoms with Crippen LogP contribution in [0.1, 0.15) is 51.5 Å². The van der Waals surface area contributed by atoms with Crippen LogP contribution in [0.4, 0.5) is 0 Å². The molecule has 30 heavy (non-hydrogen) atoms. The molecule has 1 N–H and O–H groups in total. The van der Waals surface area contributed by atoms with Gasteiger partial charge >= 0.3 is 0 Å². The second-order valence-corrected chi connectivity index (χ2v) is 9.34. The van der Waals surface area contributed by atoms with Gasteiger partial charge in [0.25, 0.3) is 5.91 Å². The molecular weight excluding hydrogens is 380 g/mol. The highest BCUT2D eigenvalue weighted by atomic mass is 16.6. The average Bonchev–Trinajstić information content (AvgIpc) is 3.31. The van der Waals surface area contributed by atoms with Gasteiger partial charge < -0.3 is 15.1 Å². The van der Waals surface area contributed by atoms with Crippen molar-refractivity contribution >= 4 is 17.5 Å². The van der Waals surface area contributed by atoms with Crippen LogP contribution in [0.3, 0.4) is 0 Å². The van der Waals surface area contributed by atoms with Gasteiger partial charge in [-0.25, -0.2) is 0 Å². The SMILES string of the molecule is CC(C)CC(=O)N1CCC2(CC[C@@H]3ON=C(C(=O)NCCc4ccncc4)[C@@H]32)CC1. The summed E-state index contributed by atoms with van der Waals surface area (Å²) in [6, 6.07) is 3.91. The number of piperidine rings is 1. The molecule has 0 unspecified atom stereocenters. The van der Waals surface area contributed by atoms with Crippen LogP contribution in [0.25, 0.3) is 0 Å². The molecule has 0 radical (unpaired) electrons. The molecule has 0 bridgehead atoms. The first-order valence-electron chi connectivity index (χ1n) is 11.2. The Morgan fingerprint density at radius 2 is 1.97 bits per heavy atom. The maximum atomic E-state index is 12.9. The topological polar surface area (TPSA) is 83.9 Å². The van der Waals surface area contributed by atoms with Crippen molar-refractivity contribution in [2.24, 2.45) is 22.4 Å². The lowest BCUT2D eigenvalue weighted by molar-refractivity contribution is -0.134. The molecule has 1 aliphatic carbocycles. The Morgan fingerprint density at radius 1 is 1.23 bits per heavy atom. The minimum absolute atomic E-state index is 0.00358. The zero-order valence-corrected chi connectivity index (χ0v) is 18.0. The molecule has 2 amide bonds. The van der Waals surface area contributed by atoms with E-state index in [4.69, 9.17) is 4.84 Å². The molecule has 0 aromatic carbocycles. The van der Waals surface area contributed by atoms with E-state index in [2.05, 4.69) is 29.3 Å². The van der Waals surface area contributed by atoms with Gasteiger partial charge in [0.05, 0.1) is 5.92 Å². The van der Waals surface area contributed by atoms with Crippen molar-refractivity contribution in [1.29, 1.82) is 0 Å². The molecule has 4 rings (SSSR count). The summed E-state index contributed by atoms with van der Waals surface area (Å²) in [7, 11) is 0. The summed E-state index contributed by atoms with van der Waals surface area (Å²) >= 11 is 0. The van der Waals surface area contributed by atoms with Crippen molar-refractivity contribution in [2.75, 3.05) is 19.6 Å². The molecule has 3 heterocycles. The van der Waals surface area contributed by atoms with E-state index in [0.29, 0.717) is 24.6 Å². The van der Waals surface area contributed by atoms with E-state index in [9.17, 15) is 9.59 Å². The van der Waals surface area contributed by atoms with Gasteiger partial charge in [-0.15, -0.1) is 0 Å². The number of carbonyl (C=O) groups excluding carboxylic acids is 2. The summed E-state index contributed by atoms with van der Waals surface area (Å²) in [5, 5.41) is 7.22. The van der Waals surface area contributed by atoms with E-state index in [1.807, 2.05) is 17.0 Å². The number of likely N-dealkylation sites (tertiary alicyclic amines) is 1. The van der Waals surface area contributed by atoms with Crippen LogP contribution < -0.4 is 5.32 Å². The molecule has 7 nitrogen and oxygen atoms in total. The third-order valence-electron chi connectivity index (χ3n) is 6.92. The standard InChI is InChI=1S/C23H32N4O3/c1-16(2)15-19(28)27-13-8-23(9-14-27)7-3-18-20(23)21(26-30-18)22(29)25-12-6-17-4-10-24-11-5-17/h4-5,10-11,16,18,20H,3,6-9,12-15H2,1-2H3,(H,25,29)/t18-,20+/m0/s1. The fraction of sp³-hybridized carbons (Fsp3) is 0.652. The Hall–Kier alpha value is -2.44. The number of fused-ring (bicyclic) bond motifs is 2. The number of hydrogen-bond acceptors (Lipinski definition) is 5. The summed E-state index contributed by atoms with van der Waals surface area (Å²) in [6.07, 6.45) is 8.70. The van der Waals surface area contributed by atoms with Crippen molar-refractivity contribution in [1.82, 2.24) is 15.2 Å². The normalized spacial score (nSPS) is 24.5. The fourth-order valence-corrected chi connectivity index (χ4v) is 5.29. The largest absolute Gasteiger partial charge is 0.391 e. The number of oxime groups is 1. The van der Waals surface area contributed by atoms with E-state index in [0.717, 1.165) is 50.8 Å². The molecule has 1 spiro atoms. The lowest BCUT2D eigenvalue weighted by Crippen LogP contribution is -2.49. The molecular formula is C23H32N4O3. The summed E-state index contributed by atoms with van der Waals surface area (Å²) < 4.78 is 0. The number of nitrogens with zero attached hydrogens (tertiary/aromatic N) is 3. The minimum Gasteiger partial charge on any atom is -0.391 e. The van der Waals surface area contributed by atoms with Crippen LogP contribution in [0.5, 0.6) is 0 Å². The van der Waals surface area contributed by atoms with Crippen LogP contribution in [0.2, 0.25) is 0 Å². The Bertz CT molecular complexity index is 800. The third kappa shape index (κ3) is 4.20. The molecule has 1 aromatic rings. The maximum Gasteiger partial charge on any atom is 0.269 e. The number of amides is 2. The molecule has 2 aliphatic heterocycles. The van der Waals surface area contributed by atoms with Crippen molar-refractivity contribution in [3.05, 3.63) is 30.1 Å². The first-order chi connectivity index (χ1) is 14.5. The van der Waals surface area contributed by atoms with E-state index in [1.165, 1.54) is 0 Å². The van der Waals surface area contributed by atoms with E-state index < -0.39 is 0 Å². The molecule has 1 saturated carbocycles. The molecule has 162 valence electrons. The highest BCUT2D eigenvalue weighted by Gasteiger charge is 2.57. The maximum absolute atomic E-state index is 12.9. The first-order valence-corrected chi connectivity index (χ1v) is 11.2. The smallest absolute Gasteiger partial charge is 0.269 e.